The van der Waals surface area contributed by atoms with Crippen molar-refractivity contribution in [1.29, 1.82) is 0 Å². The van der Waals surface area contributed by atoms with E-state index in [0.29, 0.717) is 24.1 Å². The van der Waals surface area contributed by atoms with Gasteiger partial charge in [-0.15, -0.1) is 0 Å². The van der Waals surface area contributed by atoms with Gasteiger partial charge in [-0.05, 0) is 30.2 Å². The standard InChI is InChI=1S/C13H14N2O3S/c1-7-4-9(10(5-7)13(16)17)12-14-11(15-18-12)8-2-3-19-6-8/h2-3,6-7,9-10H,4-5H2,1H3,(H,16,17). The van der Waals surface area contributed by atoms with Crippen LogP contribution in [0.15, 0.2) is 21.3 Å². The Kier molecular flexibility index (Phi) is 3.10. The Labute approximate surface area is 114 Å². The normalized spacial score (nSPS) is 26.7. The van der Waals surface area contributed by atoms with Crippen LogP contribution < -0.4 is 0 Å². The average molecular weight is 278 g/mol. The number of nitrogens with zero attached hydrogens (tertiary/aromatic N) is 2. The van der Waals surface area contributed by atoms with Gasteiger partial charge in [-0.1, -0.05) is 12.1 Å². The highest BCUT2D eigenvalue weighted by Gasteiger charge is 2.41. The molecule has 2 aromatic heterocycles. The monoisotopic (exact) mass is 278 g/mol. The molecule has 5 nitrogen and oxygen atoms in total. The molecule has 1 aliphatic rings. The van der Waals surface area contributed by atoms with Crippen molar-refractivity contribution in [3.8, 4) is 11.4 Å². The molecule has 0 aromatic carbocycles. The van der Waals surface area contributed by atoms with Gasteiger partial charge in [0.15, 0.2) is 0 Å². The van der Waals surface area contributed by atoms with Crippen molar-refractivity contribution in [3.63, 3.8) is 0 Å². The molecule has 3 atom stereocenters. The van der Waals surface area contributed by atoms with Gasteiger partial charge < -0.3 is 9.63 Å². The van der Waals surface area contributed by atoms with Crippen LogP contribution in [0.3, 0.4) is 0 Å². The highest BCUT2D eigenvalue weighted by molar-refractivity contribution is 7.08. The Balaban J connectivity index is 1.88. The summed E-state index contributed by atoms with van der Waals surface area (Å²) >= 11 is 1.57. The van der Waals surface area contributed by atoms with Crippen molar-refractivity contribution in [2.24, 2.45) is 11.8 Å². The summed E-state index contributed by atoms with van der Waals surface area (Å²) in [6.07, 6.45) is 1.47. The first-order valence-electron chi connectivity index (χ1n) is 6.24. The van der Waals surface area contributed by atoms with Gasteiger partial charge in [0, 0.05) is 10.9 Å². The van der Waals surface area contributed by atoms with E-state index in [-0.39, 0.29) is 5.92 Å². The van der Waals surface area contributed by atoms with E-state index in [4.69, 9.17) is 4.52 Å². The Morgan fingerprint density at radius 3 is 3.05 bits per heavy atom. The van der Waals surface area contributed by atoms with Crippen molar-refractivity contribution in [2.45, 2.75) is 25.7 Å². The van der Waals surface area contributed by atoms with Gasteiger partial charge in [-0.2, -0.15) is 16.3 Å². The molecular formula is C13H14N2O3S. The van der Waals surface area contributed by atoms with Crippen molar-refractivity contribution in [3.05, 3.63) is 22.7 Å². The lowest BCUT2D eigenvalue weighted by molar-refractivity contribution is -0.142. The van der Waals surface area contributed by atoms with Crippen molar-refractivity contribution >= 4 is 17.3 Å². The maximum absolute atomic E-state index is 11.3. The van der Waals surface area contributed by atoms with E-state index >= 15 is 0 Å². The number of aliphatic carboxylic acids is 1. The maximum atomic E-state index is 11.3. The minimum atomic E-state index is -0.773. The highest BCUT2D eigenvalue weighted by atomic mass is 32.1. The van der Waals surface area contributed by atoms with E-state index in [2.05, 4.69) is 17.1 Å². The van der Waals surface area contributed by atoms with E-state index in [1.54, 1.807) is 11.3 Å². The van der Waals surface area contributed by atoms with E-state index < -0.39 is 11.9 Å². The number of rotatable bonds is 3. The number of carboxylic acids is 1. The molecule has 2 aromatic rings. The van der Waals surface area contributed by atoms with Crippen LogP contribution in [0.5, 0.6) is 0 Å². The minimum Gasteiger partial charge on any atom is -0.481 e. The fourth-order valence-corrected chi connectivity index (χ4v) is 3.37. The molecule has 0 saturated heterocycles. The Bertz CT molecular complexity index is 578. The van der Waals surface area contributed by atoms with Gasteiger partial charge in [0.1, 0.15) is 0 Å². The second kappa shape index (κ2) is 4.77. The van der Waals surface area contributed by atoms with Gasteiger partial charge in [0.25, 0.3) is 0 Å². The van der Waals surface area contributed by atoms with Crippen molar-refractivity contribution < 1.29 is 14.4 Å². The zero-order valence-electron chi connectivity index (χ0n) is 10.4. The second-order valence-corrected chi connectivity index (χ2v) is 5.88. The molecule has 1 fully saturated rings. The first-order chi connectivity index (χ1) is 9.15. The second-order valence-electron chi connectivity index (χ2n) is 5.10. The summed E-state index contributed by atoms with van der Waals surface area (Å²) in [4.78, 5) is 15.6. The number of aromatic nitrogens is 2. The topological polar surface area (TPSA) is 76.2 Å². The summed E-state index contributed by atoms with van der Waals surface area (Å²) in [5.41, 5.74) is 0.915. The molecular weight excluding hydrogens is 264 g/mol. The van der Waals surface area contributed by atoms with Gasteiger partial charge in [0.05, 0.1) is 11.8 Å². The third-order valence-electron chi connectivity index (χ3n) is 3.65. The van der Waals surface area contributed by atoms with Gasteiger partial charge in [-0.25, -0.2) is 0 Å². The van der Waals surface area contributed by atoms with E-state index in [0.717, 1.165) is 12.0 Å². The van der Waals surface area contributed by atoms with Crippen LogP contribution in [0.1, 0.15) is 31.6 Å². The number of carboxylic acid groups (broad SMARTS) is 1. The molecule has 0 spiro atoms. The van der Waals surface area contributed by atoms with Gasteiger partial charge in [0.2, 0.25) is 11.7 Å². The van der Waals surface area contributed by atoms with Crippen LogP contribution in [0.25, 0.3) is 11.4 Å². The molecule has 1 N–H and O–H groups in total. The third-order valence-corrected chi connectivity index (χ3v) is 4.34. The fraction of sp³-hybridized carbons (Fsp3) is 0.462. The number of thiophene rings is 1. The molecule has 0 aliphatic heterocycles. The molecule has 3 unspecified atom stereocenters. The first kappa shape index (κ1) is 12.3. The predicted octanol–water partition coefficient (Wildman–Crippen LogP) is 3.01. The molecule has 0 amide bonds. The summed E-state index contributed by atoms with van der Waals surface area (Å²) in [5.74, 6) is 0.0308. The summed E-state index contributed by atoms with van der Waals surface area (Å²) in [6, 6.07) is 1.92. The zero-order valence-corrected chi connectivity index (χ0v) is 11.3. The van der Waals surface area contributed by atoms with E-state index in [9.17, 15) is 9.90 Å². The lowest BCUT2D eigenvalue weighted by Gasteiger charge is -2.09. The van der Waals surface area contributed by atoms with Gasteiger partial charge in [-0.3, -0.25) is 4.79 Å². The van der Waals surface area contributed by atoms with Crippen LogP contribution in [0.2, 0.25) is 0 Å². The lowest BCUT2D eigenvalue weighted by atomic mass is 9.96. The molecule has 1 saturated carbocycles. The first-order valence-corrected chi connectivity index (χ1v) is 7.18. The van der Waals surface area contributed by atoms with Crippen LogP contribution in [-0.4, -0.2) is 21.2 Å². The van der Waals surface area contributed by atoms with Crippen molar-refractivity contribution in [1.82, 2.24) is 10.1 Å². The number of carbonyl (C=O) groups is 1. The van der Waals surface area contributed by atoms with Crippen LogP contribution in [0, 0.1) is 11.8 Å². The average Bonchev–Trinajstić information content (AvgIpc) is 3.07. The smallest absolute Gasteiger partial charge is 0.307 e. The number of hydrogen-bond acceptors (Lipinski definition) is 5. The SMILES string of the molecule is CC1CC(C(=O)O)C(c2nc(-c3ccsc3)no2)C1. The Hall–Kier alpha value is -1.69. The van der Waals surface area contributed by atoms with Crippen LogP contribution in [-0.2, 0) is 4.79 Å². The summed E-state index contributed by atoms with van der Waals surface area (Å²) in [5, 5.41) is 17.1. The van der Waals surface area contributed by atoms with E-state index in [1.165, 1.54) is 0 Å². The molecule has 100 valence electrons. The third kappa shape index (κ3) is 2.28. The van der Waals surface area contributed by atoms with E-state index in [1.807, 2.05) is 16.8 Å². The molecule has 0 bridgehead atoms. The zero-order chi connectivity index (χ0) is 13.4. The molecule has 3 rings (SSSR count). The van der Waals surface area contributed by atoms with Crippen molar-refractivity contribution in [2.75, 3.05) is 0 Å². The maximum Gasteiger partial charge on any atom is 0.307 e. The predicted molar refractivity (Wildman–Crippen MR) is 69.9 cm³/mol. The molecule has 0 radical (unpaired) electrons. The Morgan fingerprint density at radius 2 is 2.37 bits per heavy atom. The molecule has 2 heterocycles. The lowest BCUT2D eigenvalue weighted by Crippen LogP contribution is -2.17. The minimum absolute atomic E-state index is 0.160. The quantitative estimate of drug-likeness (QED) is 0.934. The molecule has 1 aliphatic carbocycles. The van der Waals surface area contributed by atoms with Crippen LogP contribution in [0.4, 0.5) is 0 Å². The van der Waals surface area contributed by atoms with Crippen LogP contribution >= 0.6 is 11.3 Å². The summed E-state index contributed by atoms with van der Waals surface area (Å²) in [7, 11) is 0. The highest BCUT2D eigenvalue weighted by Crippen LogP contribution is 2.42. The summed E-state index contributed by atoms with van der Waals surface area (Å²) < 4.78 is 5.28. The summed E-state index contributed by atoms with van der Waals surface area (Å²) in [6.45, 7) is 2.06. The number of hydrogen-bond donors (Lipinski definition) is 1. The fourth-order valence-electron chi connectivity index (χ4n) is 2.73. The Morgan fingerprint density at radius 1 is 1.53 bits per heavy atom. The largest absolute Gasteiger partial charge is 0.481 e. The molecule has 6 heteroatoms. The van der Waals surface area contributed by atoms with Gasteiger partial charge >= 0.3 is 5.97 Å². The molecule has 19 heavy (non-hydrogen) atoms.